The van der Waals surface area contributed by atoms with Crippen LogP contribution in [0.4, 0.5) is 0 Å². The SMILES string of the molecule is CCOC(=O)Cc1sc(SC)c2c1CCCOCCC/C2=N\O. The topological polar surface area (TPSA) is 68.1 Å². The third kappa shape index (κ3) is 4.71. The van der Waals surface area contributed by atoms with E-state index in [1.54, 1.807) is 23.1 Å². The Kier molecular flexibility index (Phi) is 7.39. The number of rotatable bonds is 4. The van der Waals surface area contributed by atoms with Gasteiger partial charge in [0.05, 0.1) is 22.9 Å². The molecule has 23 heavy (non-hydrogen) atoms. The van der Waals surface area contributed by atoms with Crippen molar-refractivity contribution in [1.82, 2.24) is 0 Å². The third-order valence-corrected chi connectivity index (χ3v) is 6.03. The van der Waals surface area contributed by atoms with Gasteiger partial charge in [-0.25, -0.2) is 0 Å². The average Bonchev–Trinajstić information content (AvgIpc) is 2.89. The molecule has 0 spiro atoms. The fraction of sp³-hybridized carbons (Fsp3) is 0.625. The van der Waals surface area contributed by atoms with Crippen molar-refractivity contribution in [2.45, 2.75) is 43.2 Å². The molecule has 0 radical (unpaired) electrons. The summed E-state index contributed by atoms with van der Waals surface area (Å²) in [5.41, 5.74) is 2.83. The first-order valence-corrected chi connectivity index (χ1v) is 9.88. The summed E-state index contributed by atoms with van der Waals surface area (Å²) >= 11 is 3.25. The Morgan fingerprint density at radius 2 is 2.13 bits per heavy atom. The molecule has 1 aromatic rings. The Morgan fingerprint density at radius 1 is 1.39 bits per heavy atom. The minimum Gasteiger partial charge on any atom is -0.466 e. The minimum absolute atomic E-state index is 0.208. The normalized spacial score (nSPS) is 17.7. The van der Waals surface area contributed by atoms with Crippen LogP contribution in [0.15, 0.2) is 9.36 Å². The van der Waals surface area contributed by atoms with E-state index in [4.69, 9.17) is 9.47 Å². The van der Waals surface area contributed by atoms with Crippen molar-refractivity contribution < 1.29 is 19.5 Å². The van der Waals surface area contributed by atoms with Gasteiger partial charge >= 0.3 is 5.97 Å². The molecule has 2 heterocycles. The van der Waals surface area contributed by atoms with Crippen molar-refractivity contribution in [2.75, 3.05) is 26.1 Å². The summed E-state index contributed by atoms with van der Waals surface area (Å²) < 4.78 is 11.8. The number of fused-ring (bicyclic) bond motifs is 1. The molecule has 0 aliphatic carbocycles. The van der Waals surface area contributed by atoms with E-state index in [9.17, 15) is 10.0 Å². The number of thiophene rings is 1. The second-order valence-corrected chi connectivity index (χ2v) is 7.40. The number of nitrogens with zero attached hydrogens (tertiary/aromatic N) is 1. The van der Waals surface area contributed by atoms with Gasteiger partial charge in [-0.15, -0.1) is 23.1 Å². The fourth-order valence-corrected chi connectivity index (χ4v) is 4.86. The van der Waals surface area contributed by atoms with E-state index in [0.29, 0.717) is 32.0 Å². The second-order valence-electron chi connectivity index (χ2n) is 5.22. The summed E-state index contributed by atoms with van der Waals surface area (Å²) in [6.07, 6.45) is 5.51. The maximum absolute atomic E-state index is 11.9. The van der Waals surface area contributed by atoms with Gasteiger partial charge in [-0.1, -0.05) is 5.16 Å². The van der Waals surface area contributed by atoms with Gasteiger partial charge < -0.3 is 14.7 Å². The van der Waals surface area contributed by atoms with E-state index in [1.165, 1.54) is 0 Å². The summed E-state index contributed by atoms with van der Waals surface area (Å²) in [6, 6.07) is 0. The van der Waals surface area contributed by atoms with Crippen LogP contribution in [0.1, 0.15) is 42.2 Å². The lowest BCUT2D eigenvalue weighted by atomic mass is 9.98. The van der Waals surface area contributed by atoms with E-state index < -0.39 is 0 Å². The maximum atomic E-state index is 11.9. The van der Waals surface area contributed by atoms with Crippen molar-refractivity contribution >= 4 is 34.8 Å². The molecule has 0 saturated heterocycles. The number of esters is 1. The summed E-state index contributed by atoms with van der Waals surface area (Å²) in [5, 5.41) is 13.0. The van der Waals surface area contributed by atoms with Gasteiger partial charge in [0.25, 0.3) is 0 Å². The highest BCUT2D eigenvalue weighted by molar-refractivity contribution is 8.00. The molecule has 0 fully saturated rings. The van der Waals surface area contributed by atoms with Gasteiger partial charge in [-0.3, -0.25) is 4.79 Å². The standard InChI is InChI=1S/C16H23NO4S2/c1-3-21-14(18)10-13-11-6-4-8-20-9-5-7-12(17-19)15(11)16(22-2)23-13/h19H,3-10H2,1-2H3/b17-12+. The van der Waals surface area contributed by atoms with E-state index in [-0.39, 0.29) is 12.4 Å². The second kappa shape index (κ2) is 9.30. The van der Waals surface area contributed by atoms with E-state index in [0.717, 1.165) is 39.5 Å². The van der Waals surface area contributed by atoms with Gasteiger partial charge in [0.15, 0.2) is 0 Å². The monoisotopic (exact) mass is 357 g/mol. The summed E-state index contributed by atoms with van der Waals surface area (Å²) in [4.78, 5) is 12.9. The first-order chi connectivity index (χ1) is 11.2. The molecule has 1 aliphatic heterocycles. The molecule has 128 valence electrons. The zero-order valence-electron chi connectivity index (χ0n) is 13.6. The van der Waals surface area contributed by atoms with Gasteiger partial charge in [0.1, 0.15) is 0 Å². The van der Waals surface area contributed by atoms with E-state index >= 15 is 0 Å². The minimum atomic E-state index is -0.208. The highest BCUT2D eigenvalue weighted by Gasteiger charge is 2.24. The molecule has 0 amide bonds. The van der Waals surface area contributed by atoms with Crippen molar-refractivity contribution in [3.05, 3.63) is 16.0 Å². The largest absolute Gasteiger partial charge is 0.466 e. The van der Waals surface area contributed by atoms with Crippen molar-refractivity contribution in [3.63, 3.8) is 0 Å². The molecule has 7 heteroatoms. The van der Waals surface area contributed by atoms with Gasteiger partial charge in [-0.05, 0) is 44.4 Å². The van der Waals surface area contributed by atoms with Crippen LogP contribution in [0.5, 0.6) is 0 Å². The molecule has 0 bridgehead atoms. The Morgan fingerprint density at radius 3 is 2.78 bits per heavy atom. The lowest BCUT2D eigenvalue weighted by Crippen LogP contribution is -2.12. The quantitative estimate of drug-likeness (QED) is 0.387. The maximum Gasteiger partial charge on any atom is 0.311 e. The number of hydrogen-bond donors (Lipinski definition) is 1. The average molecular weight is 357 g/mol. The lowest BCUT2D eigenvalue weighted by molar-refractivity contribution is -0.142. The van der Waals surface area contributed by atoms with Crippen LogP contribution in [-0.2, 0) is 27.1 Å². The van der Waals surface area contributed by atoms with Crippen LogP contribution < -0.4 is 0 Å². The molecule has 0 atom stereocenters. The summed E-state index contributed by atoms with van der Waals surface area (Å²) in [6.45, 7) is 3.60. The number of ether oxygens (including phenoxy) is 2. The van der Waals surface area contributed by atoms with E-state index in [2.05, 4.69) is 5.16 Å². The Labute approximate surface area is 145 Å². The van der Waals surface area contributed by atoms with Crippen LogP contribution in [0.25, 0.3) is 0 Å². The van der Waals surface area contributed by atoms with Crippen LogP contribution >= 0.6 is 23.1 Å². The number of hydrogen-bond acceptors (Lipinski definition) is 7. The predicted octanol–water partition coefficient (Wildman–Crippen LogP) is 3.50. The first kappa shape index (κ1) is 18.3. The number of carbonyl (C=O) groups is 1. The Balaban J connectivity index is 2.41. The van der Waals surface area contributed by atoms with Crippen molar-refractivity contribution in [1.29, 1.82) is 0 Å². The third-order valence-electron chi connectivity index (χ3n) is 3.68. The Hall–Kier alpha value is -1.05. The zero-order chi connectivity index (χ0) is 16.7. The number of carbonyl (C=O) groups excluding carboxylic acids is 1. The molecule has 0 saturated carbocycles. The van der Waals surface area contributed by atoms with Crippen molar-refractivity contribution in [3.8, 4) is 0 Å². The number of thioether (sulfide) groups is 1. The van der Waals surface area contributed by atoms with E-state index in [1.807, 2.05) is 13.2 Å². The lowest BCUT2D eigenvalue weighted by Gasteiger charge is -2.13. The molecule has 1 N–H and O–H groups in total. The number of oxime groups is 1. The van der Waals surface area contributed by atoms with Gasteiger partial charge in [-0.2, -0.15) is 0 Å². The zero-order valence-corrected chi connectivity index (χ0v) is 15.2. The van der Waals surface area contributed by atoms with Gasteiger partial charge in [0, 0.05) is 23.7 Å². The smallest absolute Gasteiger partial charge is 0.311 e. The van der Waals surface area contributed by atoms with Crippen molar-refractivity contribution in [2.24, 2.45) is 5.16 Å². The van der Waals surface area contributed by atoms with Gasteiger partial charge in [0.2, 0.25) is 0 Å². The molecule has 0 aromatic carbocycles. The predicted molar refractivity (Wildman–Crippen MR) is 93.1 cm³/mol. The molecule has 0 unspecified atom stereocenters. The highest BCUT2D eigenvalue weighted by atomic mass is 32.2. The molecule has 1 aliphatic rings. The Bertz CT molecular complexity index is 569. The molecule has 5 nitrogen and oxygen atoms in total. The fourth-order valence-electron chi connectivity index (χ4n) is 2.69. The molecule has 2 rings (SSSR count). The molecular formula is C16H23NO4S2. The summed E-state index contributed by atoms with van der Waals surface area (Å²) in [7, 11) is 0. The molecular weight excluding hydrogens is 334 g/mol. The molecule has 1 aromatic heterocycles. The highest BCUT2D eigenvalue weighted by Crippen LogP contribution is 2.38. The van der Waals surface area contributed by atoms with Crippen LogP contribution in [0.2, 0.25) is 0 Å². The first-order valence-electron chi connectivity index (χ1n) is 7.84. The van der Waals surface area contributed by atoms with Crippen LogP contribution in [0, 0.1) is 0 Å². The van der Waals surface area contributed by atoms with Crippen LogP contribution in [-0.4, -0.2) is 43.0 Å². The summed E-state index contributed by atoms with van der Waals surface area (Å²) in [5.74, 6) is -0.208. The van der Waals surface area contributed by atoms with Crippen LogP contribution in [0.3, 0.4) is 0 Å².